The van der Waals surface area contributed by atoms with Crippen molar-refractivity contribution in [3.05, 3.63) is 49.1 Å². The first kappa shape index (κ1) is 21.0. The molecule has 144 valence electrons. The summed E-state index contributed by atoms with van der Waals surface area (Å²) in [4.78, 5) is 5.40. The van der Waals surface area contributed by atoms with Crippen LogP contribution in [0.15, 0.2) is 53.9 Å². The van der Waals surface area contributed by atoms with Gasteiger partial charge in [0, 0.05) is 36.9 Å². The predicted molar refractivity (Wildman–Crippen MR) is 111 cm³/mol. The van der Waals surface area contributed by atoms with Gasteiger partial charge in [-0.25, -0.2) is 4.98 Å². The molecule has 0 saturated heterocycles. The van der Waals surface area contributed by atoms with Crippen molar-refractivity contribution in [3.63, 3.8) is 0 Å². The van der Waals surface area contributed by atoms with Crippen molar-refractivity contribution in [1.29, 1.82) is 0 Å². The normalized spacial score (nSPS) is 12.3. The molecule has 1 aromatic heterocycles. The molecule has 0 aliphatic heterocycles. The van der Waals surface area contributed by atoms with Crippen LogP contribution < -0.4 is 0 Å². The van der Waals surface area contributed by atoms with E-state index in [4.69, 9.17) is 4.74 Å². The molecular formula is C22H34N2OS. The third-order valence-electron chi connectivity index (χ3n) is 4.49. The minimum Gasteiger partial charge on any atom is -0.367 e. The van der Waals surface area contributed by atoms with Crippen LogP contribution in [0.5, 0.6) is 0 Å². The molecule has 1 unspecified atom stereocenters. The summed E-state index contributed by atoms with van der Waals surface area (Å²) >= 11 is 1.83. The van der Waals surface area contributed by atoms with E-state index in [-0.39, 0.29) is 5.44 Å². The first-order valence-electron chi connectivity index (χ1n) is 10.2. The van der Waals surface area contributed by atoms with Gasteiger partial charge in [0.15, 0.2) is 0 Å². The average Bonchev–Trinajstić information content (AvgIpc) is 3.19. The Labute approximate surface area is 163 Å². The lowest BCUT2D eigenvalue weighted by atomic mass is 10.1. The van der Waals surface area contributed by atoms with Gasteiger partial charge in [-0.05, 0) is 18.6 Å². The number of hydrogen-bond acceptors (Lipinski definition) is 3. The SMILES string of the molecule is CCCCCCCCCCOC(CCn1ccnc1)Sc1ccccc1. The fourth-order valence-corrected chi connectivity index (χ4v) is 3.96. The van der Waals surface area contributed by atoms with Gasteiger partial charge in [0.25, 0.3) is 0 Å². The van der Waals surface area contributed by atoms with Crippen LogP contribution in [0.3, 0.4) is 0 Å². The summed E-state index contributed by atoms with van der Waals surface area (Å²) in [6.07, 6.45) is 17.4. The highest BCUT2D eigenvalue weighted by molar-refractivity contribution is 7.99. The zero-order chi connectivity index (χ0) is 18.3. The molecule has 0 fully saturated rings. The highest BCUT2D eigenvalue weighted by Gasteiger charge is 2.11. The predicted octanol–water partition coefficient (Wildman–Crippen LogP) is 6.55. The number of benzene rings is 1. The maximum Gasteiger partial charge on any atom is 0.109 e. The summed E-state index contributed by atoms with van der Waals surface area (Å²) in [7, 11) is 0. The van der Waals surface area contributed by atoms with Gasteiger partial charge in [-0.15, -0.1) is 0 Å². The highest BCUT2D eigenvalue weighted by Crippen LogP contribution is 2.26. The molecule has 0 aliphatic carbocycles. The quantitative estimate of drug-likeness (QED) is 0.201. The lowest BCUT2D eigenvalue weighted by molar-refractivity contribution is 0.100. The van der Waals surface area contributed by atoms with E-state index in [0.29, 0.717) is 0 Å². The van der Waals surface area contributed by atoms with Crippen LogP contribution in [-0.2, 0) is 11.3 Å². The number of imidazole rings is 1. The van der Waals surface area contributed by atoms with E-state index < -0.39 is 0 Å². The molecule has 0 bridgehead atoms. The van der Waals surface area contributed by atoms with Gasteiger partial charge >= 0.3 is 0 Å². The second-order valence-corrected chi connectivity index (χ2v) is 8.03. The Balaban J connectivity index is 1.64. The largest absolute Gasteiger partial charge is 0.367 e. The number of unbranched alkanes of at least 4 members (excludes halogenated alkanes) is 7. The lowest BCUT2D eigenvalue weighted by Crippen LogP contribution is -2.13. The summed E-state index contributed by atoms with van der Waals surface area (Å²) in [5.74, 6) is 0. The molecule has 1 heterocycles. The molecule has 0 spiro atoms. The average molecular weight is 375 g/mol. The van der Waals surface area contributed by atoms with Crippen LogP contribution in [0.2, 0.25) is 0 Å². The van der Waals surface area contributed by atoms with Crippen molar-refractivity contribution in [2.24, 2.45) is 0 Å². The van der Waals surface area contributed by atoms with Crippen LogP contribution in [0.25, 0.3) is 0 Å². The summed E-state index contributed by atoms with van der Waals surface area (Å²) in [6.45, 7) is 4.08. The number of thioether (sulfide) groups is 1. The number of nitrogens with zero attached hydrogens (tertiary/aromatic N) is 2. The Morgan fingerprint density at radius 2 is 1.73 bits per heavy atom. The molecule has 2 rings (SSSR count). The number of hydrogen-bond donors (Lipinski definition) is 0. The van der Waals surface area contributed by atoms with Crippen LogP contribution in [0, 0.1) is 0 Å². The fourth-order valence-electron chi connectivity index (χ4n) is 2.95. The number of aromatic nitrogens is 2. The van der Waals surface area contributed by atoms with E-state index >= 15 is 0 Å². The van der Waals surface area contributed by atoms with Gasteiger partial charge in [0.1, 0.15) is 5.44 Å². The Morgan fingerprint density at radius 3 is 2.42 bits per heavy atom. The third kappa shape index (κ3) is 9.44. The molecular weight excluding hydrogens is 340 g/mol. The molecule has 2 aromatic rings. The Morgan fingerprint density at radius 1 is 1.00 bits per heavy atom. The van der Waals surface area contributed by atoms with E-state index in [1.54, 1.807) is 0 Å². The Bertz CT molecular complexity index is 545. The van der Waals surface area contributed by atoms with E-state index in [0.717, 1.165) is 19.6 Å². The molecule has 3 nitrogen and oxygen atoms in total. The van der Waals surface area contributed by atoms with Gasteiger partial charge in [0.2, 0.25) is 0 Å². The van der Waals surface area contributed by atoms with Gasteiger partial charge in [-0.1, -0.05) is 81.8 Å². The summed E-state index contributed by atoms with van der Waals surface area (Å²) in [5, 5.41) is 0. The van der Waals surface area contributed by atoms with E-state index in [9.17, 15) is 0 Å². The smallest absolute Gasteiger partial charge is 0.109 e. The van der Waals surface area contributed by atoms with Crippen LogP contribution in [-0.4, -0.2) is 21.6 Å². The molecule has 0 N–H and O–H groups in total. The molecule has 4 heteroatoms. The van der Waals surface area contributed by atoms with Crippen molar-refractivity contribution >= 4 is 11.8 Å². The Kier molecular flexibility index (Phi) is 11.2. The highest BCUT2D eigenvalue weighted by atomic mass is 32.2. The molecule has 0 radical (unpaired) electrons. The first-order chi connectivity index (χ1) is 12.9. The monoisotopic (exact) mass is 374 g/mol. The maximum atomic E-state index is 6.22. The van der Waals surface area contributed by atoms with Crippen LogP contribution >= 0.6 is 11.8 Å². The number of aryl methyl sites for hydroxylation is 1. The van der Waals surface area contributed by atoms with Gasteiger partial charge in [-0.2, -0.15) is 0 Å². The van der Waals surface area contributed by atoms with Crippen LogP contribution in [0.1, 0.15) is 64.7 Å². The second-order valence-electron chi connectivity index (χ2n) is 6.80. The van der Waals surface area contributed by atoms with Crippen molar-refractivity contribution < 1.29 is 4.74 Å². The molecule has 0 amide bonds. The zero-order valence-corrected chi connectivity index (χ0v) is 17.0. The summed E-state index contributed by atoms with van der Waals surface area (Å²) in [6, 6.07) is 10.6. The summed E-state index contributed by atoms with van der Waals surface area (Å²) in [5.41, 5.74) is 0.198. The summed E-state index contributed by atoms with van der Waals surface area (Å²) < 4.78 is 8.34. The van der Waals surface area contributed by atoms with Gasteiger partial charge in [-0.3, -0.25) is 0 Å². The standard InChI is InChI=1S/C22H34N2OS/c1-2-3-4-5-6-7-8-12-19-25-22(15-17-24-18-16-23-20-24)26-21-13-10-9-11-14-21/h9-11,13-14,16,18,20,22H,2-8,12,15,17,19H2,1H3. The number of rotatable bonds is 15. The molecule has 0 aliphatic rings. The van der Waals surface area contributed by atoms with E-state index in [2.05, 4.69) is 46.8 Å². The molecule has 1 aromatic carbocycles. The van der Waals surface area contributed by atoms with E-state index in [1.165, 1.54) is 56.3 Å². The molecule has 1 atom stereocenters. The zero-order valence-electron chi connectivity index (χ0n) is 16.2. The van der Waals surface area contributed by atoms with Crippen molar-refractivity contribution in [2.75, 3.05) is 6.61 Å². The van der Waals surface area contributed by atoms with Crippen molar-refractivity contribution in [3.8, 4) is 0 Å². The van der Waals surface area contributed by atoms with Crippen molar-refractivity contribution in [1.82, 2.24) is 9.55 Å². The van der Waals surface area contributed by atoms with E-state index in [1.807, 2.05) is 30.5 Å². The van der Waals surface area contributed by atoms with Crippen LogP contribution in [0.4, 0.5) is 0 Å². The van der Waals surface area contributed by atoms with Crippen molar-refractivity contribution in [2.45, 2.75) is 81.6 Å². The molecule has 26 heavy (non-hydrogen) atoms. The number of ether oxygens (including phenoxy) is 1. The Hall–Kier alpha value is -1.26. The third-order valence-corrected chi connectivity index (χ3v) is 5.67. The first-order valence-corrected chi connectivity index (χ1v) is 11.1. The minimum absolute atomic E-state index is 0.198. The topological polar surface area (TPSA) is 27.1 Å². The lowest BCUT2D eigenvalue weighted by Gasteiger charge is -2.18. The van der Waals surface area contributed by atoms with Gasteiger partial charge < -0.3 is 9.30 Å². The fraction of sp³-hybridized carbons (Fsp3) is 0.591. The maximum absolute atomic E-state index is 6.22. The second kappa shape index (κ2) is 13.9. The molecule has 0 saturated carbocycles. The minimum atomic E-state index is 0.198. The van der Waals surface area contributed by atoms with Gasteiger partial charge in [0.05, 0.1) is 6.33 Å².